The number of carboxylic acids is 1. The standard InChI is InChI=1S/C26H26ClN3O2.C2HF3O2/c1-17(28-16-24(31)18-7-5-8-20(27)14-18)13-19-15-29-25-22(19)11-6-12-23(25)26(32)30-21-9-3-2-4-10-21;3-2(4,5)1(6)7/h2-12,14-15,17,24,28-29,31H,13,16H2,1H3,(H,30,32);(H,6,7)/t17-,24+;/m1./s1. The van der Waals surface area contributed by atoms with Crippen molar-refractivity contribution in [1.29, 1.82) is 0 Å². The van der Waals surface area contributed by atoms with Crippen LogP contribution >= 0.6 is 11.6 Å². The number of carboxylic acid groups (broad SMARTS) is 1. The van der Waals surface area contributed by atoms with Gasteiger partial charge in [0.25, 0.3) is 5.91 Å². The van der Waals surface area contributed by atoms with E-state index in [9.17, 15) is 23.1 Å². The van der Waals surface area contributed by atoms with Gasteiger partial charge in [-0.05, 0) is 54.8 Å². The van der Waals surface area contributed by atoms with Gasteiger partial charge < -0.3 is 25.8 Å². The van der Waals surface area contributed by atoms with Crippen molar-refractivity contribution in [3.8, 4) is 0 Å². The topological polar surface area (TPSA) is 114 Å². The number of anilines is 1. The maximum atomic E-state index is 12.8. The van der Waals surface area contributed by atoms with Crippen molar-refractivity contribution in [2.45, 2.75) is 31.7 Å². The molecule has 0 bridgehead atoms. The summed E-state index contributed by atoms with van der Waals surface area (Å²) >= 11 is 6.02. The minimum atomic E-state index is -5.08. The monoisotopic (exact) mass is 561 g/mol. The molecular formula is C28H27ClF3N3O4. The van der Waals surface area contributed by atoms with Gasteiger partial charge in [0.05, 0.1) is 17.2 Å². The Morgan fingerprint density at radius 2 is 1.69 bits per heavy atom. The Morgan fingerprint density at radius 3 is 2.33 bits per heavy atom. The van der Waals surface area contributed by atoms with Crippen LogP contribution in [0.15, 0.2) is 79.0 Å². The molecular weight excluding hydrogens is 535 g/mol. The highest BCUT2D eigenvalue weighted by Crippen LogP contribution is 2.24. The molecule has 11 heteroatoms. The number of nitrogens with one attached hydrogen (secondary N) is 3. The lowest BCUT2D eigenvalue weighted by Gasteiger charge is -2.17. The number of carbonyl (C=O) groups excluding carboxylic acids is 1. The fraction of sp³-hybridized carbons (Fsp3) is 0.214. The van der Waals surface area contributed by atoms with E-state index in [2.05, 4.69) is 22.5 Å². The third-order valence-electron chi connectivity index (χ3n) is 5.74. The molecule has 0 radical (unpaired) electrons. The van der Waals surface area contributed by atoms with Crippen LogP contribution in [0.3, 0.4) is 0 Å². The average Bonchev–Trinajstić information content (AvgIpc) is 3.30. The first-order valence-electron chi connectivity index (χ1n) is 11.9. The van der Waals surface area contributed by atoms with Crippen LogP contribution in [-0.2, 0) is 11.2 Å². The second-order valence-corrected chi connectivity index (χ2v) is 9.19. The molecule has 3 aromatic carbocycles. The van der Waals surface area contributed by atoms with Crippen molar-refractivity contribution in [2.24, 2.45) is 0 Å². The number of aliphatic carboxylic acids is 1. The summed E-state index contributed by atoms with van der Waals surface area (Å²) in [6.07, 6.45) is -3.01. The smallest absolute Gasteiger partial charge is 0.475 e. The lowest BCUT2D eigenvalue weighted by atomic mass is 10.0. The highest BCUT2D eigenvalue weighted by molar-refractivity contribution is 6.30. The van der Waals surface area contributed by atoms with Gasteiger partial charge in [0.1, 0.15) is 0 Å². The first-order chi connectivity index (χ1) is 18.5. The van der Waals surface area contributed by atoms with Crippen molar-refractivity contribution in [1.82, 2.24) is 10.3 Å². The number of aliphatic hydroxyl groups excluding tert-OH is 1. The molecule has 0 fully saturated rings. The van der Waals surface area contributed by atoms with Gasteiger partial charge in [-0.1, -0.05) is 54.1 Å². The summed E-state index contributed by atoms with van der Waals surface area (Å²) in [7, 11) is 0. The Hall–Kier alpha value is -3.86. The van der Waals surface area contributed by atoms with Crippen molar-refractivity contribution >= 4 is 40.1 Å². The van der Waals surface area contributed by atoms with Crippen LogP contribution < -0.4 is 10.6 Å². The van der Waals surface area contributed by atoms with Crippen LogP contribution in [-0.4, -0.2) is 45.8 Å². The number of H-pyrrole nitrogens is 1. The molecule has 0 spiro atoms. The molecule has 0 aliphatic rings. The van der Waals surface area contributed by atoms with E-state index in [1.807, 2.05) is 66.9 Å². The molecule has 0 aliphatic carbocycles. The molecule has 4 rings (SSSR count). The normalized spacial score (nSPS) is 12.8. The predicted octanol–water partition coefficient (Wildman–Crippen LogP) is 5.96. The average molecular weight is 562 g/mol. The van der Waals surface area contributed by atoms with Crippen molar-refractivity contribution in [3.63, 3.8) is 0 Å². The molecule has 1 heterocycles. The molecule has 0 saturated heterocycles. The Bertz CT molecular complexity index is 1410. The minimum absolute atomic E-state index is 0.129. The summed E-state index contributed by atoms with van der Waals surface area (Å²) < 4.78 is 31.7. The molecule has 1 amide bonds. The third-order valence-corrected chi connectivity index (χ3v) is 5.97. The highest BCUT2D eigenvalue weighted by Gasteiger charge is 2.38. The highest BCUT2D eigenvalue weighted by atomic mass is 35.5. The third kappa shape index (κ3) is 8.57. The number of amides is 1. The zero-order valence-electron chi connectivity index (χ0n) is 20.8. The second kappa shape index (κ2) is 13.3. The number of halogens is 4. The van der Waals surface area contributed by atoms with Gasteiger partial charge in [0.15, 0.2) is 0 Å². The van der Waals surface area contributed by atoms with E-state index < -0.39 is 18.2 Å². The van der Waals surface area contributed by atoms with Gasteiger partial charge in [-0.15, -0.1) is 0 Å². The van der Waals surface area contributed by atoms with Crippen LogP contribution in [0.2, 0.25) is 5.02 Å². The van der Waals surface area contributed by atoms with Crippen LogP contribution in [0.1, 0.15) is 34.5 Å². The number of rotatable bonds is 8. The summed E-state index contributed by atoms with van der Waals surface area (Å²) in [5, 5.41) is 25.5. The predicted molar refractivity (Wildman–Crippen MR) is 144 cm³/mol. The quantitative estimate of drug-likeness (QED) is 0.182. The Morgan fingerprint density at radius 1 is 1.03 bits per heavy atom. The number of fused-ring (bicyclic) bond motifs is 1. The number of benzene rings is 3. The Labute approximate surface area is 227 Å². The second-order valence-electron chi connectivity index (χ2n) is 8.75. The summed E-state index contributed by atoms with van der Waals surface area (Å²) in [6.45, 7) is 2.50. The van der Waals surface area contributed by atoms with Crippen molar-refractivity contribution in [2.75, 3.05) is 11.9 Å². The van der Waals surface area contributed by atoms with E-state index in [0.717, 1.165) is 34.1 Å². The first-order valence-corrected chi connectivity index (χ1v) is 12.3. The van der Waals surface area contributed by atoms with Gasteiger partial charge in [0, 0.05) is 34.9 Å². The maximum absolute atomic E-state index is 12.8. The van der Waals surface area contributed by atoms with E-state index in [1.54, 1.807) is 12.1 Å². The molecule has 4 aromatic rings. The van der Waals surface area contributed by atoms with Gasteiger partial charge in [-0.25, -0.2) is 4.79 Å². The minimum Gasteiger partial charge on any atom is -0.475 e. The molecule has 7 nitrogen and oxygen atoms in total. The summed E-state index contributed by atoms with van der Waals surface area (Å²) in [5.74, 6) is -2.90. The number of aliphatic hydroxyl groups is 1. The van der Waals surface area contributed by atoms with Crippen LogP contribution in [0, 0.1) is 0 Å². The van der Waals surface area contributed by atoms with E-state index in [1.165, 1.54) is 0 Å². The fourth-order valence-corrected chi connectivity index (χ4v) is 4.04. The fourth-order valence-electron chi connectivity index (χ4n) is 3.84. The largest absolute Gasteiger partial charge is 0.490 e. The molecule has 206 valence electrons. The van der Waals surface area contributed by atoms with E-state index >= 15 is 0 Å². The zero-order chi connectivity index (χ0) is 28.6. The molecule has 39 heavy (non-hydrogen) atoms. The van der Waals surface area contributed by atoms with Gasteiger partial charge in [-0.2, -0.15) is 13.2 Å². The number of hydrogen-bond donors (Lipinski definition) is 5. The molecule has 0 unspecified atom stereocenters. The zero-order valence-corrected chi connectivity index (χ0v) is 21.6. The Kier molecular flexibility index (Phi) is 10.1. The van der Waals surface area contributed by atoms with E-state index in [4.69, 9.17) is 21.5 Å². The van der Waals surface area contributed by atoms with Crippen molar-refractivity contribution in [3.05, 3.63) is 101 Å². The number of aromatic amines is 1. The molecule has 5 N–H and O–H groups in total. The SMILES string of the molecule is C[C@H](Cc1c[nH]c2c(C(=O)Nc3ccccc3)cccc12)NC[C@H](O)c1cccc(Cl)c1.O=C(O)C(F)(F)F. The summed E-state index contributed by atoms with van der Waals surface area (Å²) in [6, 6.07) is 22.6. The number of hydrogen-bond acceptors (Lipinski definition) is 4. The van der Waals surface area contributed by atoms with Crippen LogP contribution in [0.25, 0.3) is 10.9 Å². The number of aromatic nitrogens is 1. The summed E-state index contributed by atoms with van der Waals surface area (Å²) in [4.78, 5) is 25.0. The molecule has 2 atom stereocenters. The Balaban J connectivity index is 0.000000532. The number of alkyl halides is 3. The van der Waals surface area contributed by atoms with Gasteiger partial charge in [0.2, 0.25) is 0 Å². The number of carbonyl (C=O) groups is 2. The number of para-hydroxylation sites is 2. The molecule has 1 aromatic heterocycles. The summed E-state index contributed by atoms with van der Waals surface area (Å²) in [5.41, 5.74) is 4.10. The van der Waals surface area contributed by atoms with Gasteiger partial charge >= 0.3 is 12.1 Å². The first kappa shape index (κ1) is 29.7. The van der Waals surface area contributed by atoms with Crippen LogP contribution in [0.5, 0.6) is 0 Å². The van der Waals surface area contributed by atoms with Crippen molar-refractivity contribution < 1.29 is 33.0 Å². The van der Waals surface area contributed by atoms with Gasteiger partial charge in [-0.3, -0.25) is 4.79 Å². The van der Waals surface area contributed by atoms with E-state index in [-0.39, 0.29) is 11.9 Å². The van der Waals surface area contributed by atoms with E-state index in [0.29, 0.717) is 17.1 Å². The van der Waals surface area contributed by atoms with Crippen LogP contribution in [0.4, 0.5) is 18.9 Å². The maximum Gasteiger partial charge on any atom is 0.490 e. The lowest BCUT2D eigenvalue weighted by Crippen LogP contribution is -2.32. The molecule has 0 saturated carbocycles. The molecule has 0 aliphatic heterocycles. The lowest BCUT2D eigenvalue weighted by molar-refractivity contribution is -0.192.